The molecule has 0 spiro atoms. The molecule has 0 radical (unpaired) electrons. The molecule has 1 fully saturated rings. The summed E-state index contributed by atoms with van der Waals surface area (Å²) in [6, 6.07) is 21.4. The molecule has 0 bridgehead atoms. The van der Waals surface area contributed by atoms with E-state index in [4.69, 9.17) is 15.0 Å². The van der Waals surface area contributed by atoms with Crippen molar-refractivity contribution in [2.45, 2.75) is 45.3 Å². The van der Waals surface area contributed by atoms with Gasteiger partial charge in [0.15, 0.2) is 17.0 Å². The molecule has 0 saturated carbocycles. The van der Waals surface area contributed by atoms with E-state index in [9.17, 15) is 0 Å². The van der Waals surface area contributed by atoms with Gasteiger partial charge >= 0.3 is 0 Å². The molecule has 2 N–H and O–H groups in total. The third-order valence-corrected chi connectivity index (χ3v) is 7.01. The van der Waals surface area contributed by atoms with Crippen molar-refractivity contribution >= 4 is 39.5 Å². The van der Waals surface area contributed by atoms with Crippen LogP contribution in [-0.2, 0) is 6.54 Å². The molecule has 8 nitrogen and oxygen atoms in total. The van der Waals surface area contributed by atoms with Crippen LogP contribution < -0.4 is 10.6 Å². The van der Waals surface area contributed by atoms with Gasteiger partial charge < -0.3 is 15.2 Å². The average molecular weight is 493 g/mol. The van der Waals surface area contributed by atoms with Crippen LogP contribution in [0.4, 0.5) is 17.5 Å². The maximum absolute atomic E-state index is 4.89. The zero-order chi connectivity index (χ0) is 25.2. The molecule has 0 aliphatic carbocycles. The molecule has 37 heavy (non-hydrogen) atoms. The van der Waals surface area contributed by atoms with Crippen molar-refractivity contribution in [3.05, 3.63) is 78.8 Å². The van der Waals surface area contributed by atoms with E-state index in [-0.39, 0.29) is 6.04 Å². The minimum Gasteiger partial charge on any atom is -0.365 e. The fourth-order valence-electron chi connectivity index (χ4n) is 5.00. The van der Waals surface area contributed by atoms with E-state index in [0.29, 0.717) is 12.0 Å². The second kappa shape index (κ2) is 10.1. The number of likely N-dealkylation sites (tertiary alicyclic amines) is 1. The fourth-order valence-corrected chi connectivity index (χ4v) is 5.00. The number of nitrogens with zero attached hydrogens (tertiary/aromatic N) is 6. The van der Waals surface area contributed by atoms with Gasteiger partial charge in [-0.25, -0.2) is 4.98 Å². The molecule has 6 rings (SSSR count). The molecule has 1 aliphatic rings. The normalized spacial score (nSPS) is 15.0. The summed E-state index contributed by atoms with van der Waals surface area (Å²) in [6.45, 7) is 7.39. The lowest BCUT2D eigenvalue weighted by molar-refractivity contribution is 0.211. The summed E-state index contributed by atoms with van der Waals surface area (Å²) in [5.74, 6) is 1.35. The molecule has 8 heteroatoms. The first-order valence-corrected chi connectivity index (χ1v) is 13.0. The molecule has 0 unspecified atom stereocenters. The largest absolute Gasteiger partial charge is 0.365 e. The Morgan fingerprint density at radius 1 is 0.946 bits per heavy atom. The van der Waals surface area contributed by atoms with Crippen molar-refractivity contribution in [3.63, 3.8) is 0 Å². The third-order valence-electron chi connectivity index (χ3n) is 7.01. The van der Waals surface area contributed by atoms with Gasteiger partial charge in [0.25, 0.3) is 0 Å². The number of benzene rings is 2. The topological polar surface area (TPSA) is 83.8 Å². The average Bonchev–Trinajstić information content (AvgIpc) is 3.35. The molecule has 5 aromatic rings. The first-order chi connectivity index (χ1) is 18.1. The minimum absolute atomic E-state index is 0.244. The lowest BCUT2D eigenvalue weighted by Crippen LogP contribution is -2.38. The number of hydrogen-bond acceptors (Lipinski definition) is 7. The Kier molecular flexibility index (Phi) is 6.40. The Morgan fingerprint density at radius 2 is 1.78 bits per heavy atom. The van der Waals surface area contributed by atoms with Crippen LogP contribution in [0.5, 0.6) is 0 Å². The van der Waals surface area contributed by atoms with E-state index in [2.05, 4.69) is 81.4 Å². The molecule has 0 amide bonds. The molecule has 1 aliphatic heterocycles. The Labute approximate surface area is 216 Å². The highest BCUT2D eigenvalue weighted by atomic mass is 15.2. The van der Waals surface area contributed by atoms with Crippen LogP contribution in [0.3, 0.4) is 0 Å². The van der Waals surface area contributed by atoms with E-state index in [1.165, 1.54) is 5.56 Å². The van der Waals surface area contributed by atoms with E-state index >= 15 is 0 Å². The molecule has 188 valence electrons. The molecule has 2 aromatic carbocycles. The highest BCUT2D eigenvalue weighted by molar-refractivity contribution is 5.86. The Balaban J connectivity index is 1.23. The van der Waals surface area contributed by atoms with Gasteiger partial charge in [-0.05, 0) is 56.5 Å². The van der Waals surface area contributed by atoms with E-state index in [0.717, 1.165) is 66.0 Å². The fraction of sp³-hybridized carbons (Fsp3) is 0.310. The molecule has 4 heterocycles. The second-order valence-corrected chi connectivity index (χ2v) is 10.0. The molecule has 3 aromatic heterocycles. The van der Waals surface area contributed by atoms with Gasteiger partial charge in [-0.1, -0.05) is 36.4 Å². The number of nitrogens with one attached hydrogen (secondary N) is 2. The van der Waals surface area contributed by atoms with E-state index in [1.54, 1.807) is 0 Å². The predicted molar refractivity (Wildman–Crippen MR) is 149 cm³/mol. The zero-order valence-electron chi connectivity index (χ0n) is 21.3. The Bertz CT molecular complexity index is 1500. The van der Waals surface area contributed by atoms with Crippen LogP contribution in [0.2, 0.25) is 0 Å². The summed E-state index contributed by atoms with van der Waals surface area (Å²) in [5.41, 5.74) is 4.90. The number of aromatic nitrogens is 5. The summed E-state index contributed by atoms with van der Waals surface area (Å²) < 4.78 is 2.10. The van der Waals surface area contributed by atoms with Gasteiger partial charge in [0, 0.05) is 49.0 Å². The van der Waals surface area contributed by atoms with Gasteiger partial charge in [0.2, 0.25) is 5.95 Å². The number of imidazole rings is 1. The zero-order valence-corrected chi connectivity index (χ0v) is 21.3. The smallest absolute Gasteiger partial charge is 0.231 e. The van der Waals surface area contributed by atoms with E-state index < -0.39 is 0 Å². The molecule has 0 atom stereocenters. The summed E-state index contributed by atoms with van der Waals surface area (Å²) in [7, 11) is 0. The van der Waals surface area contributed by atoms with Crippen molar-refractivity contribution in [2.24, 2.45) is 0 Å². The van der Waals surface area contributed by atoms with Gasteiger partial charge in [-0.15, -0.1) is 0 Å². The van der Waals surface area contributed by atoms with Crippen molar-refractivity contribution in [3.8, 4) is 0 Å². The lowest BCUT2D eigenvalue weighted by atomic mass is 10.0. The highest BCUT2D eigenvalue weighted by Gasteiger charge is 2.22. The van der Waals surface area contributed by atoms with Gasteiger partial charge in [-0.3, -0.25) is 9.88 Å². The van der Waals surface area contributed by atoms with Crippen LogP contribution >= 0.6 is 0 Å². The van der Waals surface area contributed by atoms with Crippen molar-refractivity contribution in [1.29, 1.82) is 0 Å². The minimum atomic E-state index is 0.244. The molecular weight excluding hydrogens is 460 g/mol. The number of hydrogen-bond donors (Lipinski definition) is 2. The van der Waals surface area contributed by atoms with Crippen molar-refractivity contribution < 1.29 is 0 Å². The summed E-state index contributed by atoms with van der Waals surface area (Å²) >= 11 is 0. The number of pyridine rings is 1. The standard InChI is InChI=1S/C29H32N8/c1-20(2)37-19-31-26-27(32-23-12-15-36(16-13-23)18-21-7-4-3-5-8-21)34-29(35-28(26)37)33-24-10-11-25-22(17-24)9-6-14-30-25/h3-11,14,17,19-20,23H,12-13,15-16,18H2,1-2H3,(H2,32,33,34,35). The Morgan fingerprint density at radius 3 is 2.59 bits per heavy atom. The second-order valence-electron chi connectivity index (χ2n) is 10.0. The maximum Gasteiger partial charge on any atom is 0.231 e. The monoisotopic (exact) mass is 492 g/mol. The van der Waals surface area contributed by atoms with Crippen LogP contribution in [-0.4, -0.2) is 48.5 Å². The number of rotatable bonds is 7. The third kappa shape index (κ3) is 5.11. The highest BCUT2D eigenvalue weighted by Crippen LogP contribution is 2.28. The first-order valence-electron chi connectivity index (χ1n) is 13.0. The van der Waals surface area contributed by atoms with Crippen LogP contribution in [0, 0.1) is 0 Å². The quantitative estimate of drug-likeness (QED) is 0.298. The van der Waals surface area contributed by atoms with Gasteiger partial charge in [-0.2, -0.15) is 9.97 Å². The van der Waals surface area contributed by atoms with Crippen LogP contribution in [0.15, 0.2) is 73.2 Å². The van der Waals surface area contributed by atoms with E-state index in [1.807, 2.05) is 30.7 Å². The van der Waals surface area contributed by atoms with Crippen LogP contribution in [0.1, 0.15) is 38.3 Å². The van der Waals surface area contributed by atoms with Gasteiger partial charge in [0.1, 0.15) is 0 Å². The summed E-state index contributed by atoms with van der Waals surface area (Å²) in [6.07, 6.45) is 5.79. The van der Waals surface area contributed by atoms with Gasteiger partial charge in [0.05, 0.1) is 11.8 Å². The number of fused-ring (bicyclic) bond motifs is 2. The summed E-state index contributed by atoms with van der Waals surface area (Å²) in [4.78, 5) is 21.4. The lowest BCUT2D eigenvalue weighted by Gasteiger charge is -2.32. The number of piperidine rings is 1. The maximum atomic E-state index is 4.89. The van der Waals surface area contributed by atoms with Crippen molar-refractivity contribution in [2.75, 3.05) is 23.7 Å². The molecule has 1 saturated heterocycles. The molecular formula is C29H32N8. The first kappa shape index (κ1) is 23.4. The van der Waals surface area contributed by atoms with Crippen molar-refractivity contribution in [1.82, 2.24) is 29.4 Å². The Hall–Kier alpha value is -4.04. The predicted octanol–water partition coefficient (Wildman–Crippen LogP) is 5.78. The SMILES string of the molecule is CC(C)n1cnc2c(NC3CCN(Cc4ccccc4)CC3)nc(Nc3ccc4ncccc4c3)nc21. The van der Waals surface area contributed by atoms with Crippen LogP contribution in [0.25, 0.3) is 22.1 Å². The number of anilines is 3. The summed E-state index contributed by atoms with van der Waals surface area (Å²) in [5, 5.41) is 8.20.